The molecule has 114 valence electrons. The Morgan fingerprint density at radius 3 is 2.71 bits per heavy atom. The Balaban J connectivity index is 1.77. The summed E-state index contributed by atoms with van der Waals surface area (Å²) < 4.78 is 17.6. The molecule has 2 aromatic rings. The molecule has 21 heavy (non-hydrogen) atoms. The van der Waals surface area contributed by atoms with Crippen molar-refractivity contribution in [1.82, 2.24) is 9.55 Å². The first-order valence-corrected chi connectivity index (χ1v) is 6.90. The first-order valence-electron chi connectivity index (χ1n) is 6.90. The Labute approximate surface area is 123 Å². The number of rotatable bonds is 10. The van der Waals surface area contributed by atoms with Gasteiger partial charge in [-0.05, 0) is 12.1 Å². The number of fused-ring (bicyclic) bond motifs is 1. The van der Waals surface area contributed by atoms with Crippen LogP contribution in [0.2, 0.25) is 0 Å². The Morgan fingerprint density at radius 1 is 1.19 bits per heavy atom. The van der Waals surface area contributed by atoms with Crippen LogP contribution in [0, 0.1) is 0 Å². The van der Waals surface area contributed by atoms with Crippen molar-refractivity contribution in [2.75, 3.05) is 40.1 Å². The van der Waals surface area contributed by atoms with Crippen molar-refractivity contribution in [3.63, 3.8) is 0 Å². The summed E-state index contributed by atoms with van der Waals surface area (Å²) in [5.41, 5.74) is 1.46. The fraction of sp³-hybridized carbons (Fsp3) is 0.467. The van der Waals surface area contributed by atoms with Crippen LogP contribution in [-0.4, -0.2) is 56.0 Å². The third kappa shape index (κ3) is 4.35. The summed E-state index contributed by atoms with van der Waals surface area (Å²) in [6.07, 6.45) is 4.38. The highest BCUT2D eigenvalue weighted by molar-refractivity contribution is 5.95. The van der Waals surface area contributed by atoms with E-state index < -0.39 is 0 Å². The molecule has 0 atom stereocenters. The molecule has 0 spiro atoms. The van der Waals surface area contributed by atoms with E-state index in [1.165, 1.54) is 0 Å². The predicted octanol–water partition coefficient (Wildman–Crippen LogP) is 1.53. The van der Waals surface area contributed by atoms with Crippen LogP contribution < -0.4 is 0 Å². The summed E-state index contributed by atoms with van der Waals surface area (Å²) in [7, 11) is 1.64. The Bertz CT molecular complexity index is 568. The molecule has 0 fully saturated rings. The summed E-state index contributed by atoms with van der Waals surface area (Å²) in [5.74, 6) is 0. The zero-order valence-electron chi connectivity index (χ0n) is 12.2. The van der Waals surface area contributed by atoms with Crippen LogP contribution in [0.25, 0.3) is 11.0 Å². The average Bonchev–Trinajstić information content (AvgIpc) is 2.88. The summed E-state index contributed by atoms with van der Waals surface area (Å²) >= 11 is 0. The molecular formula is C15H20N2O4. The number of hydrogen-bond donors (Lipinski definition) is 0. The molecule has 0 bridgehead atoms. The number of carbonyl (C=O) groups is 1. The number of methoxy groups -OCH3 is 1. The molecule has 0 unspecified atom stereocenters. The van der Waals surface area contributed by atoms with Crippen molar-refractivity contribution in [2.24, 2.45) is 0 Å². The lowest BCUT2D eigenvalue weighted by atomic mass is 10.2. The van der Waals surface area contributed by atoms with Crippen LogP contribution >= 0.6 is 0 Å². The number of aldehydes is 1. The van der Waals surface area contributed by atoms with Gasteiger partial charge in [-0.15, -0.1) is 0 Å². The molecule has 0 radical (unpaired) electrons. The smallest absolute Gasteiger partial charge is 0.152 e. The predicted molar refractivity (Wildman–Crippen MR) is 78.6 cm³/mol. The second kappa shape index (κ2) is 8.51. The Kier molecular flexibility index (Phi) is 6.33. The highest BCUT2D eigenvalue weighted by atomic mass is 16.5. The minimum atomic E-state index is 0.539. The summed E-state index contributed by atoms with van der Waals surface area (Å²) in [5, 5.41) is 0.871. The third-order valence-corrected chi connectivity index (χ3v) is 3.07. The van der Waals surface area contributed by atoms with Gasteiger partial charge >= 0.3 is 0 Å². The lowest BCUT2D eigenvalue weighted by molar-refractivity contribution is 0.0232. The fourth-order valence-corrected chi connectivity index (χ4v) is 2.04. The van der Waals surface area contributed by atoms with Gasteiger partial charge < -0.3 is 18.8 Å². The Hall–Kier alpha value is -1.76. The van der Waals surface area contributed by atoms with E-state index in [4.69, 9.17) is 14.2 Å². The standard InChI is InChI=1S/C15H20N2O4/c1-19-7-8-21-10-9-20-6-5-17-11-13(12-18)14-3-2-4-16-15(14)17/h2-4,11-12H,5-10H2,1H3. The molecule has 0 saturated carbocycles. The van der Waals surface area contributed by atoms with E-state index in [1.54, 1.807) is 13.3 Å². The third-order valence-electron chi connectivity index (χ3n) is 3.07. The first kappa shape index (κ1) is 15.6. The second-order valence-electron chi connectivity index (χ2n) is 4.49. The molecule has 0 aliphatic rings. The largest absolute Gasteiger partial charge is 0.382 e. The maximum atomic E-state index is 11.0. The number of nitrogens with zero attached hydrogens (tertiary/aromatic N) is 2. The van der Waals surface area contributed by atoms with Crippen LogP contribution in [0.1, 0.15) is 10.4 Å². The molecule has 6 nitrogen and oxygen atoms in total. The van der Waals surface area contributed by atoms with Crippen molar-refractivity contribution in [3.8, 4) is 0 Å². The van der Waals surface area contributed by atoms with Crippen LogP contribution in [0.5, 0.6) is 0 Å². The molecular weight excluding hydrogens is 272 g/mol. The zero-order chi connectivity index (χ0) is 14.9. The highest BCUT2D eigenvalue weighted by Crippen LogP contribution is 2.17. The number of pyridine rings is 1. The second-order valence-corrected chi connectivity index (χ2v) is 4.49. The first-order chi connectivity index (χ1) is 10.4. The maximum absolute atomic E-state index is 11.0. The molecule has 0 aromatic carbocycles. The normalized spacial score (nSPS) is 11.1. The van der Waals surface area contributed by atoms with E-state index in [1.807, 2.05) is 22.9 Å². The quantitative estimate of drug-likeness (QED) is 0.491. The SMILES string of the molecule is COCCOCCOCCn1cc(C=O)c2cccnc21. The van der Waals surface area contributed by atoms with Gasteiger partial charge in [-0.25, -0.2) is 4.98 Å². The molecule has 0 saturated heterocycles. The summed E-state index contributed by atoms with van der Waals surface area (Å²) in [6, 6.07) is 3.72. The van der Waals surface area contributed by atoms with Gasteiger partial charge in [0.05, 0.1) is 33.0 Å². The van der Waals surface area contributed by atoms with Crippen LogP contribution in [0.15, 0.2) is 24.5 Å². The van der Waals surface area contributed by atoms with Gasteiger partial charge in [0.1, 0.15) is 5.65 Å². The molecule has 2 rings (SSSR count). The molecule has 6 heteroatoms. The highest BCUT2D eigenvalue weighted by Gasteiger charge is 2.07. The summed E-state index contributed by atoms with van der Waals surface area (Å²) in [4.78, 5) is 15.3. The van der Waals surface area contributed by atoms with E-state index in [9.17, 15) is 4.79 Å². The van der Waals surface area contributed by atoms with Crippen molar-refractivity contribution < 1.29 is 19.0 Å². The average molecular weight is 292 g/mol. The fourth-order valence-electron chi connectivity index (χ4n) is 2.04. The lowest BCUT2D eigenvalue weighted by Crippen LogP contribution is -2.11. The van der Waals surface area contributed by atoms with Crippen molar-refractivity contribution in [3.05, 3.63) is 30.1 Å². The minimum absolute atomic E-state index is 0.539. The topological polar surface area (TPSA) is 62.6 Å². The number of ether oxygens (including phenoxy) is 3. The van der Waals surface area contributed by atoms with E-state index >= 15 is 0 Å². The van der Waals surface area contributed by atoms with E-state index in [-0.39, 0.29) is 0 Å². The zero-order valence-corrected chi connectivity index (χ0v) is 12.2. The van der Waals surface area contributed by atoms with Gasteiger partial charge in [0.25, 0.3) is 0 Å². The maximum Gasteiger partial charge on any atom is 0.152 e. The molecule has 2 aromatic heterocycles. The van der Waals surface area contributed by atoms with Crippen molar-refractivity contribution >= 4 is 17.3 Å². The monoisotopic (exact) mass is 292 g/mol. The van der Waals surface area contributed by atoms with Crippen molar-refractivity contribution in [1.29, 1.82) is 0 Å². The molecule has 0 aliphatic carbocycles. The molecule has 0 aliphatic heterocycles. The van der Waals surface area contributed by atoms with Gasteiger partial charge in [-0.3, -0.25) is 4.79 Å². The van der Waals surface area contributed by atoms with Gasteiger partial charge in [-0.2, -0.15) is 0 Å². The number of aromatic nitrogens is 2. The van der Waals surface area contributed by atoms with Gasteiger partial charge in [0.2, 0.25) is 0 Å². The number of hydrogen-bond acceptors (Lipinski definition) is 5. The van der Waals surface area contributed by atoms with E-state index in [0.29, 0.717) is 45.1 Å². The van der Waals surface area contributed by atoms with E-state index in [0.717, 1.165) is 17.3 Å². The molecule has 0 amide bonds. The van der Waals surface area contributed by atoms with Gasteiger partial charge in [0, 0.05) is 37.0 Å². The lowest BCUT2D eigenvalue weighted by Gasteiger charge is -2.07. The summed E-state index contributed by atoms with van der Waals surface area (Å²) in [6.45, 7) is 3.46. The molecule has 0 N–H and O–H groups in total. The minimum Gasteiger partial charge on any atom is -0.382 e. The van der Waals surface area contributed by atoms with Crippen LogP contribution in [-0.2, 0) is 20.8 Å². The van der Waals surface area contributed by atoms with E-state index in [2.05, 4.69) is 4.98 Å². The van der Waals surface area contributed by atoms with Crippen LogP contribution in [0.4, 0.5) is 0 Å². The Morgan fingerprint density at radius 2 is 1.95 bits per heavy atom. The number of carbonyl (C=O) groups excluding carboxylic acids is 1. The van der Waals surface area contributed by atoms with Crippen LogP contribution in [0.3, 0.4) is 0 Å². The van der Waals surface area contributed by atoms with Gasteiger partial charge in [-0.1, -0.05) is 0 Å². The van der Waals surface area contributed by atoms with Gasteiger partial charge in [0.15, 0.2) is 6.29 Å². The molecule has 2 heterocycles. The van der Waals surface area contributed by atoms with Crippen molar-refractivity contribution in [2.45, 2.75) is 6.54 Å².